The van der Waals surface area contributed by atoms with Gasteiger partial charge in [-0.05, 0) is 44.6 Å². The molecule has 1 aliphatic rings. The van der Waals surface area contributed by atoms with Crippen LogP contribution < -0.4 is 0 Å². The molecule has 0 amide bonds. The topological polar surface area (TPSA) is 22.1 Å². The third-order valence-corrected chi connectivity index (χ3v) is 4.05. The van der Waals surface area contributed by atoms with E-state index in [0.717, 1.165) is 18.5 Å². The molecule has 0 saturated heterocycles. The van der Waals surface area contributed by atoms with Crippen LogP contribution in [-0.4, -0.2) is 13.3 Å². The highest BCUT2D eigenvalue weighted by atomic mass is 28.4. The predicted molar refractivity (Wildman–Crippen MR) is 68.8 cm³/mol. The summed E-state index contributed by atoms with van der Waals surface area (Å²) in [6.07, 6.45) is 6.67. The molecule has 1 aromatic rings. The lowest BCUT2D eigenvalue weighted by Gasteiger charge is -2.35. The van der Waals surface area contributed by atoms with Crippen LogP contribution in [0.1, 0.15) is 31.4 Å². The van der Waals surface area contributed by atoms with Crippen molar-refractivity contribution in [1.29, 1.82) is 0 Å². The van der Waals surface area contributed by atoms with E-state index in [1.807, 2.05) is 12.3 Å². The van der Waals surface area contributed by atoms with Crippen molar-refractivity contribution in [3.05, 3.63) is 30.1 Å². The van der Waals surface area contributed by atoms with E-state index in [2.05, 4.69) is 36.8 Å². The second kappa shape index (κ2) is 4.30. The van der Waals surface area contributed by atoms with E-state index in [4.69, 9.17) is 4.43 Å². The lowest BCUT2D eigenvalue weighted by molar-refractivity contribution is 0.0608. The van der Waals surface area contributed by atoms with Gasteiger partial charge in [0, 0.05) is 6.20 Å². The first kappa shape index (κ1) is 11.8. The van der Waals surface area contributed by atoms with Gasteiger partial charge in [-0.1, -0.05) is 18.9 Å². The minimum absolute atomic E-state index is 0.0776. The average molecular weight is 235 g/mol. The van der Waals surface area contributed by atoms with Crippen molar-refractivity contribution in [2.75, 3.05) is 0 Å². The lowest BCUT2D eigenvalue weighted by Crippen LogP contribution is -2.39. The number of pyridine rings is 1. The number of hydrogen-bond acceptors (Lipinski definition) is 2. The molecule has 0 spiro atoms. The fraction of sp³-hybridized carbons (Fsp3) is 0.615. The Bertz CT molecular complexity index is 339. The van der Waals surface area contributed by atoms with E-state index in [-0.39, 0.29) is 5.60 Å². The molecule has 0 aliphatic heterocycles. The monoisotopic (exact) mass is 235 g/mol. The molecule has 16 heavy (non-hydrogen) atoms. The van der Waals surface area contributed by atoms with Gasteiger partial charge in [-0.3, -0.25) is 4.98 Å². The zero-order valence-corrected chi connectivity index (χ0v) is 11.5. The summed E-state index contributed by atoms with van der Waals surface area (Å²) in [4.78, 5) is 4.51. The smallest absolute Gasteiger partial charge is 0.185 e. The standard InChI is InChI=1S/C13H21NOSi/c1-16(2,3)15-13(9-5-6-10-13)12-8-4-7-11-14-12/h4,7-8,11H,5-6,9-10H2,1-3H3. The molecular formula is C13H21NOSi. The lowest BCUT2D eigenvalue weighted by atomic mass is 9.97. The Hall–Kier alpha value is -0.673. The van der Waals surface area contributed by atoms with E-state index in [1.165, 1.54) is 12.8 Å². The fourth-order valence-electron chi connectivity index (χ4n) is 2.57. The van der Waals surface area contributed by atoms with Crippen LogP contribution in [0.4, 0.5) is 0 Å². The van der Waals surface area contributed by atoms with Gasteiger partial charge in [0.2, 0.25) is 0 Å². The van der Waals surface area contributed by atoms with E-state index in [1.54, 1.807) is 0 Å². The summed E-state index contributed by atoms with van der Waals surface area (Å²) in [5.74, 6) is 0. The van der Waals surface area contributed by atoms with Gasteiger partial charge in [0.1, 0.15) is 0 Å². The average Bonchev–Trinajstić information content (AvgIpc) is 2.66. The molecule has 88 valence electrons. The van der Waals surface area contributed by atoms with E-state index in [0.29, 0.717) is 0 Å². The van der Waals surface area contributed by atoms with E-state index >= 15 is 0 Å². The Morgan fingerprint density at radius 2 is 1.88 bits per heavy atom. The van der Waals surface area contributed by atoms with Gasteiger partial charge in [0.15, 0.2) is 8.32 Å². The first-order valence-corrected chi connectivity index (χ1v) is 9.54. The van der Waals surface area contributed by atoms with Gasteiger partial charge in [-0.15, -0.1) is 0 Å². The zero-order valence-electron chi connectivity index (χ0n) is 10.5. The summed E-state index contributed by atoms with van der Waals surface area (Å²) >= 11 is 0. The molecule has 0 radical (unpaired) electrons. The molecule has 0 N–H and O–H groups in total. The molecule has 3 heteroatoms. The summed E-state index contributed by atoms with van der Waals surface area (Å²) in [6.45, 7) is 6.78. The highest BCUT2D eigenvalue weighted by Gasteiger charge is 2.41. The molecule has 1 fully saturated rings. The van der Waals surface area contributed by atoms with Crippen LogP contribution >= 0.6 is 0 Å². The van der Waals surface area contributed by atoms with Crippen molar-refractivity contribution in [2.45, 2.75) is 50.9 Å². The zero-order chi connectivity index (χ0) is 11.6. The minimum atomic E-state index is -1.52. The normalized spacial score (nSPS) is 19.9. The number of nitrogens with zero attached hydrogens (tertiary/aromatic N) is 1. The van der Waals surface area contributed by atoms with Crippen molar-refractivity contribution in [3.63, 3.8) is 0 Å². The molecule has 2 rings (SSSR count). The van der Waals surface area contributed by atoms with Gasteiger partial charge in [-0.25, -0.2) is 0 Å². The van der Waals surface area contributed by atoms with Crippen molar-refractivity contribution in [1.82, 2.24) is 4.98 Å². The quantitative estimate of drug-likeness (QED) is 0.745. The van der Waals surface area contributed by atoms with Crippen LogP contribution in [0.5, 0.6) is 0 Å². The highest BCUT2D eigenvalue weighted by Crippen LogP contribution is 2.42. The summed E-state index contributed by atoms with van der Waals surface area (Å²) in [6, 6.07) is 6.15. The molecule has 0 aromatic carbocycles. The maximum atomic E-state index is 6.45. The Labute approximate surface area is 99.2 Å². The van der Waals surface area contributed by atoms with Gasteiger partial charge in [-0.2, -0.15) is 0 Å². The number of hydrogen-bond donors (Lipinski definition) is 0. The molecule has 0 unspecified atom stereocenters. The number of aromatic nitrogens is 1. The number of rotatable bonds is 3. The summed E-state index contributed by atoms with van der Waals surface area (Å²) in [5.41, 5.74) is 1.06. The van der Waals surface area contributed by atoms with Gasteiger partial charge >= 0.3 is 0 Å². The third kappa shape index (κ3) is 2.52. The molecule has 1 aliphatic carbocycles. The van der Waals surface area contributed by atoms with Crippen LogP contribution in [0.3, 0.4) is 0 Å². The second-order valence-electron chi connectivity index (χ2n) is 5.63. The van der Waals surface area contributed by atoms with Crippen LogP contribution in [0.2, 0.25) is 19.6 Å². The summed E-state index contributed by atoms with van der Waals surface area (Å²) < 4.78 is 6.45. The second-order valence-corrected chi connectivity index (χ2v) is 10.1. The largest absolute Gasteiger partial charge is 0.407 e. The van der Waals surface area contributed by atoms with Crippen molar-refractivity contribution in [2.24, 2.45) is 0 Å². The maximum absolute atomic E-state index is 6.45. The molecule has 2 nitrogen and oxygen atoms in total. The molecule has 0 bridgehead atoms. The van der Waals surface area contributed by atoms with Gasteiger partial charge in [0.05, 0.1) is 11.3 Å². The third-order valence-electron chi connectivity index (χ3n) is 3.04. The first-order valence-electron chi connectivity index (χ1n) is 6.14. The van der Waals surface area contributed by atoms with Crippen LogP contribution in [-0.2, 0) is 10.0 Å². The van der Waals surface area contributed by atoms with Crippen molar-refractivity contribution < 1.29 is 4.43 Å². The molecular weight excluding hydrogens is 214 g/mol. The van der Waals surface area contributed by atoms with Crippen molar-refractivity contribution in [3.8, 4) is 0 Å². The molecule has 1 heterocycles. The molecule has 1 saturated carbocycles. The first-order chi connectivity index (χ1) is 7.52. The van der Waals surface area contributed by atoms with Crippen LogP contribution in [0.25, 0.3) is 0 Å². The van der Waals surface area contributed by atoms with E-state index in [9.17, 15) is 0 Å². The van der Waals surface area contributed by atoms with E-state index < -0.39 is 8.32 Å². The minimum Gasteiger partial charge on any atom is -0.407 e. The van der Waals surface area contributed by atoms with Crippen LogP contribution in [0.15, 0.2) is 24.4 Å². The SMILES string of the molecule is C[Si](C)(C)OC1(c2ccccn2)CCCC1. The van der Waals surface area contributed by atoms with Gasteiger partial charge in [0.25, 0.3) is 0 Å². The Morgan fingerprint density at radius 1 is 1.19 bits per heavy atom. The molecule has 0 atom stereocenters. The molecule has 1 aromatic heterocycles. The Balaban J connectivity index is 2.29. The fourth-order valence-corrected chi connectivity index (χ4v) is 4.06. The Morgan fingerprint density at radius 3 is 2.38 bits per heavy atom. The summed E-state index contributed by atoms with van der Waals surface area (Å²) in [7, 11) is -1.52. The van der Waals surface area contributed by atoms with Gasteiger partial charge < -0.3 is 4.43 Å². The van der Waals surface area contributed by atoms with Crippen molar-refractivity contribution >= 4 is 8.32 Å². The maximum Gasteiger partial charge on any atom is 0.185 e. The van der Waals surface area contributed by atoms with Crippen LogP contribution in [0, 0.1) is 0 Å². The predicted octanol–water partition coefficient (Wildman–Crippen LogP) is 3.70. The summed E-state index contributed by atoms with van der Waals surface area (Å²) in [5, 5.41) is 0. The Kier molecular flexibility index (Phi) is 3.17. The highest BCUT2D eigenvalue weighted by molar-refractivity contribution is 6.69.